The summed E-state index contributed by atoms with van der Waals surface area (Å²) in [4.78, 5) is 14.8. The van der Waals surface area contributed by atoms with Gasteiger partial charge in [-0.05, 0) is 61.9 Å². The van der Waals surface area contributed by atoms with Crippen LogP contribution in [0.2, 0.25) is 0 Å². The second-order valence-electron chi connectivity index (χ2n) is 9.88. The molecular weight excluding hydrogens is 518 g/mol. The Morgan fingerprint density at radius 3 is 2.49 bits per heavy atom. The molecule has 8 nitrogen and oxygen atoms in total. The second-order valence-corrected chi connectivity index (χ2v) is 9.88. The van der Waals surface area contributed by atoms with Crippen molar-refractivity contribution < 1.29 is 31.5 Å². The molecule has 2 aliphatic rings. The molecule has 12 heteroatoms. The topological polar surface area (TPSA) is 92.5 Å². The summed E-state index contributed by atoms with van der Waals surface area (Å²) in [7, 11) is 0. The van der Waals surface area contributed by atoms with Gasteiger partial charge in [-0.1, -0.05) is 17.2 Å². The van der Waals surface area contributed by atoms with Crippen molar-refractivity contribution in [2.24, 2.45) is 5.92 Å². The molecule has 1 saturated carbocycles. The van der Waals surface area contributed by atoms with Gasteiger partial charge >= 0.3 is 12.2 Å². The van der Waals surface area contributed by atoms with E-state index in [1.807, 2.05) is 0 Å². The third-order valence-corrected chi connectivity index (χ3v) is 7.15. The highest BCUT2D eigenvalue weighted by molar-refractivity contribution is 6.04. The maximum atomic E-state index is 13.9. The number of benzene rings is 2. The molecule has 0 spiro atoms. The van der Waals surface area contributed by atoms with Gasteiger partial charge in [-0.3, -0.25) is 9.69 Å². The number of amides is 1. The summed E-state index contributed by atoms with van der Waals surface area (Å²) in [5.41, 5.74) is -1.81. The second kappa shape index (κ2) is 11.7. The molecule has 0 unspecified atom stereocenters. The van der Waals surface area contributed by atoms with Crippen LogP contribution in [0.3, 0.4) is 0 Å². The van der Waals surface area contributed by atoms with E-state index in [4.69, 9.17) is 9.15 Å². The Morgan fingerprint density at radius 2 is 1.77 bits per heavy atom. The van der Waals surface area contributed by atoms with Crippen LogP contribution in [0.4, 0.5) is 29.3 Å². The fourth-order valence-electron chi connectivity index (χ4n) is 5.09. The average molecular weight is 548 g/mol. The van der Waals surface area contributed by atoms with Crippen LogP contribution in [0.25, 0.3) is 11.5 Å². The van der Waals surface area contributed by atoms with Crippen molar-refractivity contribution in [3.63, 3.8) is 0 Å². The first kappa shape index (κ1) is 27.1. The number of carbonyl (C=O) groups excluding carboxylic acids is 1. The van der Waals surface area contributed by atoms with Gasteiger partial charge in [0.15, 0.2) is 0 Å². The molecular formula is C27H29F4N5O3. The first-order chi connectivity index (χ1) is 18.8. The number of carbonyl (C=O) groups is 1. The number of anilines is 2. The molecule has 1 aliphatic heterocycles. The summed E-state index contributed by atoms with van der Waals surface area (Å²) < 4.78 is 66.7. The number of hydrogen-bond donors (Lipinski definition) is 2. The molecule has 5 rings (SSSR count). The smallest absolute Gasteiger partial charge is 0.403 e. The average Bonchev–Trinajstić information content (AvgIpc) is 3.38. The maximum Gasteiger partial charge on any atom is 0.417 e. The minimum Gasteiger partial charge on any atom is -0.403 e. The Morgan fingerprint density at radius 1 is 1.03 bits per heavy atom. The van der Waals surface area contributed by atoms with Gasteiger partial charge in [0, 0.05) is 31.4 Å². The van der Waals surface area contributed by atoms with Crippen LogP contribution in [-0.4, -0.2) is 59.9 Å². The number of rotatable bonds is 7. The van der Waals surface area contributed by atoms with Gasteiger partial charge in [0.25, 0.3) is 5.91 Å². The zero-order chi connectivity index (χ0) is 27.4. The molecule has 2 aromatic carbocycles. The molecule has 2 heterocycles. The molecule has 208 valence electrons. The quantitative estimate of drug-likeness (QED) is 0.380. The maximum absolute atomic E-state index is 13.9. The molecule has 1 amide bonds. The van der Waals surface area contributed by atoms with E-state index in [-0.39, 0.29) is 34.8 Å². The summed E-state index contributed by atoms with van der Waals surface area (Å²) in [6, 6.07) is 8.55. The molecule has 1 saturated heterocycles. The van der Waals surface area contributed by atoms with Crippen molar-refractivity contribution in [2.75, 3.05) is 43.5 Å². The van der Waals surface area contributed by atoms with Crippen LogP contribution in [0.1, 0.15) is 41.6 Å². The van der Waals surface area contributed by atoms with Gasteiger partial charge < -0.3 is 19.8 Å². The molecule has 2 N–H and O–H groups in total. The lowest BCUT2D eigenvalue weighted by molar-refractivity contribution is -0.137. The van der Waals surface area contributed by atoms with E-state index in [0.29, 0.717) is 5.92 Å². The van der Waals surface area contributed by atoms with E-state index in [1.54, 1.807) is 0 Å². The first-order valence-electron chi connectivity index (χ1n) is 12.9. The Labute approximate surface area is 222 Å². The fourth-order valence-corrected chi connectivity index (χ4v) is 5.09. The number of hydrogen-bond acceptors (Lipinski definition) is 7. The van der Waals surface area contributed by atoms with E-state index in [1.165, 1.54) is 24.3 Å². The SMILES string of the molecule is O=C(Nc1ccc(-c2nnc(NC3CCC(CN4CCOCC4)CC3)o2)c(C(F)(F)F)c1)c1ccccc1F. The minimum atomic E-state index is -4.77. The molecule has 1 aromatic heterocycles. The van der Waals surface area contributed by atoms with Crippen LogP contribution in [-0.2, 0) is 10.9 Å². The van der Waals surface area contributed by atoms with Gasteiger partial charge in [0.05, 0.1) is 29.9 Å². The van der Waals surface area contributed by atoms with E-state index in [0.717, 1.165) is 76.7 Å². The summed E-state index contributed by atoms with van der Waals surface area (Å²) in [6.07, 6.45) is -0.897. The predicted molar refractivity (Wildman–Crippen MR) is 136 cm³/mol. The fraction of sp³-hybridized carbons (Fsp3) is 0.444. The number of nitrogens with one attached hydrogen (secondary N) is 2. The Balaban J connectivity index is 1.23. The Kier molecular flexibility index (Phi) is 8.12. The Hall–Kier alpha value is -3.51. The van der Waals surface area contributed by atoms with Crippen LogP contribution >= 0.6 is 0 Å². The molecule has 3 aromatic rings. The number of nitrogens with zero attached hydrogens (tertiary/aromatic N) is 3. The summed E-state index contributed by atoms with van der Waals surface area (Å²) in [5.74, 6) is -1.33. The predicted octanol–water partition coefficient (Wildman–Crippen LogP) is 5.45. The number of morpholine rings is 1. The lowest BCUT2D eigenvalue weighted by Gasteiger charge is -2.34. The molecule has 1 aliphatic carbocycles. The third-order valence-electron chi connectivity index (χ3n) is 7.15. The van der Waals surface area contributed by atoms with Crippen molar-refractivity contribution in [3.05, 3.63) is 59.4 Å². The van der Waals surface area contributed by atoms with Crippen LogP contribution in [0.15, 0.2) is 46.9 Å². The van der Waals surface area contributed by atoms with Crippen molar-refractivity contribution >= 4 is 17.6 Å². The molecule has 0 bridgehead atoms. The van der Waals surface area contributed by atoms with E-state index in [9.17, 15) is 22.4 Å². The lowest BCUT2D eigenvalue weighted by atomic mass is 9.85. The standard InChI is InChI=1S/C27H29F4N5O3/c28-23-4-2-1-3-21(23)24(37)32-19-9-10-20(22(15-19)27(29,30)31)25-34-35-26(39-25)33-18-7-5-17(6-8-18)16-36-11-13-38-14-12-36/h1-4,9-10,15,17-18H,5-8,11-14,16H2,(H,32,37)(H,33,35). The highest BCUT2D eigenvalue weighted by atomic mass is 19.4. The summed E-state index contributed by atoms with van der Waals surface area (Å²) >= 11 is 0. The zero-order valence-corrected chi connectivity index (χ0v) is 21.1. The Bertz CT molecular complexity index is 1280. The van der Waals surface area contributed by atoms with Crippen molar-refractivity contribution in [2.45, 2.75) is 37.9 Å². The number of halogens is 4. The highest BCUT2D eigenvalue weighted by Crippen LogP contribution is 2.39. The van der Waals surface area contributed by atoms with Gasteiger partial charge in [0.1, 0.15) is 5.82 Å². The van der Waals surface area contributed by atoms with Crippen LogP contribution < -0.4 is 10.6 Å². The van der Waals surface area contributed by atoms with Crippen LogP contribution in [0.5, 0.6) is 0 Å². The number of aromatic nitrogens is 2. The third kappa shape index (κ3) is 6.74. The van der Waals surface area contributed by atoms with Crippen LogP contribution in [0, 0.1) is 11.7 Å². The molecule has 0 atom stereocenters. The molecule has 39 heavy (non-hydrogen) atoms. The minimum absolute atomic E-state index is 0.0617. The monoisotopic (exact) mass is 547 g/mol. The van der Waals surface area contributed by atoms with E-state index in [2.05, 4.69) is 25.7 Å². The highest BCUT2D eigenvalue weighted by Gasteiger charge is 2.36. The van der Waals surface area contributed by atoms with E-state index >= 15 is 0 Å². The number of alkyl halides is 3. The van der Waals surface area contributed by atoms with Crippen molar-refractivity contribution in [1.82, 2.24) is 15.1 Å². The molecule has 0 radical (unpaired) electrons. The zero-order valence-electron chi connectivity index (χ0n) is 21.1. The van der Waals surface area contributed by atoms with Gasteiger partial charge in [-0.2, -0.15) is 13.2 Å². The van der Waals surface area contributed by atoms with Crippen molar-refractivity contribution in [1.29, 1.82) is 0 Å². The summed E-state index contributed by atoms with van der Waals surface area (Å²) in [6.45, 7) is 4.52. The lowest BCUT2D eigenvalue weighted by Crippen LogP contribution is -2.40. The summed E-state index contributed by atoms with van der Waals surface area (Å²) in [5, 5.41) is 13.2. The normalized spacial score (nSPS) is 20.5. The van der Waals surface area contributed by atoms with Gasteiger partial charge in [-0.25, -0.2) is 4.39 Å². The van der Waals surface area contributed by atoms with Gasteiger partial charge in [0.2, 0.25) is 5.89 Å². The van der Waals surface area contributed by atoms with Gasteiger partial charge in [-0.15, -0.1) is 5.10 Å². The largest absolute Gasteiger partial charge is 0.417 e. The van der Waals surface area contributed by atoms with E-state index < -0.39 is 23.5 Å². The molecule has 2 fully saturated rings. The first-order valence-corrected chi connectivity index (χ1v) is 12.9. The van der Waals surface area contributed by atoms with Crippen molar-refractivity contribution in [3.8, 4) is 11.5 Å². The number of ether oxygens (including phenoxy) is 1.